The molecule has 2 saturated carbocycles. The molecule has 2 aliphatic rings. The molecule has 0 spiro atoms. The largest absolute Gasteiger partial charge is 0.460 e. The summed E-state index contributed by atoms with van der Waals surface area (Å²) in [4.78, 5) is 12.3. The van der Waals surface area contributed by atoms with Gasteiger partial charge in [0, 0.05) is 11.8 Å². The molecule has 2 aliphatic carbocycles. The van der Waals surface area contributed by atoms with Crippen LogP contribution in [0.2, 0.25) is 0 Å². The zero-order valence-electron chi connectivity index (χ0n) is 13.7. The third-order valence-electron chi connectivity index (χ3n) is 6.52. The first-order valence-corrected chi connectivity index (χ1v) is 8.27. The molecule has 4 unspecified atom stereocenters. The number of carbonyl (C=O) groups excluding carboxylic acids is 1. The smallest absolute Gasteiger partial charge is 0.335 e. The predicted molar refractivity (Wildman–Crippen MR) is 85.3 cm³/mol. The van der Waals surface area contributed by atoms with Gasteiger partial charge in [0.05, 0.1) is 0 Å². The lowest BCUT2D eigenvalue weighted by atomic mass is 9.70. The molecular weight excluding hydrogens is 276 g/mol. The van der Waals surface area contributed by atoms with Crippen LogP contribution in [-0.2, 0) is 16.0 Å². The van der Waals surface area contributed by atoms with Crippen molar-refractivity contribution in [2.75, 3.05) is 0 Å². The van der Waals surface area contributed by atoms with Gasteiger partial charge in [-0.2, -0.15) is 0 Å². The van der Waals surface area contributed by atoms with E-state index in [1.54, 1.807) is 0 Å². The molecule has 2 bridgehead atoms. The lowest BCUT2D eigenvalue weighted by Gasteiger charge is -2.38. The minimum Gasteiger partial charge on any atom is -0.460 e. The van der Waals surface area contributed by atoms with Crippen molar-refractivity contribution < 1.29 is 14.6 Å². The fourth-order valence-corrected chi connectivity index (χ4v) is 4.45. The van der Waals surface area contributed by atoms with Crippen LogP contribution in [0.25, 0.3) is 0 Å². The van der Waals surface area contributed by atoms with Crippen molar-refractivity contribution in [3.63, 3.8) is 0 Å². The van der Waals surface area contributed by atoms with Crippen molar-refractivity contribution in [3.05, 3.63) is 35.9 Å². The van der Waals surface area contributed by atoms with Crippen LogP contribution in [0.1, 0.15) is 45.6 Å². The molecule has 1 N–H and O–H groups in total. The summed E-state index contributed by atoms with van der Waals surface area (Å²) in [5.41, 5.74) is 1.20. The first-order chi connectivity index (χ1) is 10.3. The number of esters is 1. The summed E-state index contributed by atoms with van der Waals surface area (Å²) in [5, 5.41) is 10.1. The van der Waals surface area contributed by atoms with Crippen molar-refractivity contribution in [2.45, 2.75) is 58.7 Å². The van der Waals surface area contributed by atoms with Crippen molar-refractivity contribution in [1.82, 2.24) is 0 Å². The van der Waals surface area contributed by atoms with Crippen LogP contribution >= 0.6 is 0 Å². The van der Waals surface area contributed by atoms with Crippen LogP contribution in [0, 0.1) is 16.7 Å². The lowest BCUT2D eigenvalue weighted by Crippen LogP contribution is -2.40. The summed E-state index contributed by atoms with van der Waals surface area (Å²) >= 11 is 0. The number of aliphatic hydroxyl groups excluding tert-OH is 1. The number of carbonyl (C=O) groups is 1. The SMILES string of the molecule is CC1(C)C2CCC1(C)C(OC(=O)C(O)Cc1ccccc1)C2. The van der Waals surface area contributed by atoms with Crippen LogP contribution in [0.5, 0.6) is 0 Å². The molecule has 3 rings (SSSR count). The van der Waals surface area contributed by atoms with Gasteiger partial charge >= 0.3 is 5.97 Å². The Balaban J connectivity index is 1.63. The normalized spacial score (nSPS) is 33.6. The van der Waals surface area contributed by atoms with Crippen LogP contribution in [0.3, 0.4) is 0 Å². The van der Waals surface area contributed by atoms with Gasteiger partial charge in [-0.3, -0.25) is 0 Å². The quantitative estimate of drug-likeness (QED) is 0.868. The monoisotopic (exact) mass is 302 g/mol. The Kier molecular flexibility index (Phi) is 3.80. The molecule has 1 aromatic rings. The van der Waals surface area contributed by atoms with Crippen LogP contribution in [-0.4, -0.2) is 23.3 Å². The second kappa shape index (κ2) is 5.38. The molecule has 0 aromatic heterocycles. The number of hydrogen-bond donors (Lipinski definition) is 1. The van der Waals surface area contributed by atoms with E-state index in [0.29, 0.717) is 12.3 Å². The maximum absolute atomic E-state index is 12.3. The van der Waals surface area contributed by atoms with E-state index in [9.17, 15) is 9.90 Å². The highest BCUT2D eigenvalue weighted by Gasteiger charge is 2.62. The molecule has 120 valence electrons. The van der Waals surface area contributed by atoms with Gasteiger partial charge in [0.2, 0.25) is 0 Å². The molecule has 3 nitrogen and oxygen atoms in total. The molecule has 1 aromatic carbocycles. The van der Waals surface area contributed by atoms with Crippen molar-refractivity contribution in [3.8, 4) is 0 Å². The molecule has 0 heterocycles. The fourth-order valence-electron chi connectivity index (χ4n) is 4.45. The zero-order valence-corrected chi connectivity index (χ0v) is 13.7. The van der Waals surface area contributed by atoms with Crippen molar-refractivity contribution >= 4 is 5.97 Å². The molecule has 3 heteroatoms. The van der Waals surface area contributed by atoms with E-state index in [1.165, 1.54) is 6.42 Å². The number of aliphatic hydroxyl groups is 1. The Morgan fingerprint density at radius 2 is 2.00 bits per heavy atom. The lowest BCUT2D eigenvalue weighted by molar-refractivity contribution is -0.166. The number of benzene rings is 1. The summed E-state index contributed by atoms with van der Waals surface area (Å²) in [6.07, 6.45) is 2.46. The third-order valence-corrected chi connectivity index (χ3v) is 6.52. The fraction of sp³-hybridized carbons (Fsp3) is 0.632. The highest BCUT2D eigenvalue weighted by atomic mass is 16.6. The second-order valence-electron chi connectivity index (χ2n) is 7.74. The average Bonchev–Trinajstić information content (AvgIpc) is 2.81. The molecule has 0 amide bonds. The molecule has 4 atom stereocenters. The van der Waals surface area contributed by atoms with Gasteiger partial charge in [-0.05, 0) is 36.2 Å². The van der Waals surface area contributed by atoms with E-state index in [0.717, 1.165) is 18.4 Å². The van der Waals surface area contributed by atoms with E-state index in [-0.39, 0.29) is 16.9 Å². The third kappa shape index (κ3) is 2.36. The zero-order chi connectivity index (χ0) is 16.0. The molecular formula is C19H26O3. The van der Waals surface area contributed by atoms with Gasteiger partial charge in [-0.1, -0.05) is 51.1 Å². The van der Waals surface area contributed by atoms with E-state index in [2.05, 4.69) is 20.8 Å². The Morgan fingerprint density at radius 1 is 1.32 bits per heavy atom. The summed E-state index contributed by atoms with van der Waals surface area (Å²) < 4.78 is 5.73. The van der Waals surface area contributed by atoms with E-state index in [4.69, 9.17) is 4.74 Å². The molecule has 0 saturated heterocycles. The van der Waals surface area contributed by atoms with E-state index in [1.807, 2.05) is 30.3 Å². The minimum absolute atomic E-state index is 0.0415. The molecule has 0 aliphatic heterocycles. The van der Waals surface area contributed by atoms with Gasteiger partial charge < -0.3 is 9.84 Å². The molecule has 0 radical (unpaired) electrons. The van der Waals surface area contributed by atoms with Crippen LogP contribution in [0.4, 0.5) is 0 Å². The van der Waals surface area contributed by atoms with Crippen LogP contribution < -0.4 is 0 Å². The first-order valence-electron chi connectivity index (χ1n) is 8.27. The van der Waals surface area contributed by atoms with Crippen molar-refractivity contribution in [2.24, 2.45) is 16.7 Å². The summed E-state index contributed by atoms with van der Waals surface area (Å²) in [6, 6.07) is 9.57. The van der Waals surface area contributed by atoms with Crippen molar-refractivity contribution in [1.29, 1.82) is 0 Å². The molecule has 2 fully saturated rings. The number of ether oxygens (including phenoxy) is 1. The Bertz CT molecular complexity index is 551. The summed E-state index contributed by atoms with van der Waals surface area (Å²) in [7, 11) is 0. The van der Waals surface area contributed by atoms with Gasteiger partial charge in [-0.15, -0.1) is 0 Å². The Labute approximate surface area is 132 Å². The van der Waals surface area contributed by atoms with E-state index < -0.39 is 12.1 Å². The Hall–Kier alpha value is -1.35. The number of fused-ring (bicyclic) bond motifs is 2. The maximum atomic E-state index is 12.3. The van der Waals surface area contributed by atoms with Gasteiger partial charge in [0.15, 0.2) is 6.10 Å². The summed E-state index contributed by atoms with van der Waals surface area (Å²) in [6.45, 7) is 6.82. The van der Waals surface area contributed by atoms with Gasteiger partial charge in [0.25, 0.3) is 0 Å². The first kappa shape index (κ1) is 15.5. The highest BCUT2D eigenvalue weighted by Crippen LogP contribution is 2.66. The predicted octanol–water partition coefficient (Wildman–Crippen LogP) is 3.35. The van der Waals surface area contributed by atoms with Crippen LogP contribution in [0.15, 0.2) is 30.3 Å². The topological polar surface area (TPSA) is 46.5 Å². The maximum Gasteiger partial charge on any atom is 0.335 e. The van der Waals surface area contributed by atoms with Gasteiger partial charge in [-0.25, -0.2) is 4.79 Å². The molecule has 22 heavy (non-hydrogen) atoms. The van der Waals surface area contributed by atoms with Gasteiger partial charge in [0.1, 0.15) is 6.10 Å². The highest BCUT2D eigenvalue weighted by molar-refractivity contribution is 5.75. The Morgan fingerprint density at radius 3 is 2.55 bits per heavy atom. The minimum atomic E-state index is -1.08. The average molecular weight is 302 g/mol. The number of rotatable bonds is 4. The summed E-state index contributed by atoms with van der Waals surface area (Å²) in [5.74, 6) is 0.153. The standard InChI is InChI=1S/C19H26O3/c1-18(2)14-9-10-19(18,3)16(12-14)22-17(21)15(20)11-13-7-5-4-6-8-13/h4-8,14-16,20H,9-12H2,1-3H3. The van der Waals surface area contributed by atoms with E-state index >= 15 is 0 Å². The number of hydrogen-bond acceptors (Lipinski definition) is 3. The second-order valence-corrected chi connectivity index (χ2v) is 7.74.